The molecule has 0 radical (unpaired) electrons. The largest absolute Gasteiger partial charge is 0.497 e. The number of hydrogen-bond donors (Lipinski definition) is 2. The van der Waals surface area contributed by atoms with Crippen LogP contribution in [0.1, 0.15) is 5.56 Å². The maximum absolute atomic E-state index is 10.9. The first-order valence-electron chi connectivity index (χ1n) is 4.26. The summed E-state index contributed by atoms with van der Waals surface area (Å²) >= 11 is 0. The summed E-state index contributed by atoms with van der Waals surface area (Å²) in [7, 11) is 2.77. The molecule has 0 saturated heterocycles. The van der Waals surface area contributed by atoms with E-state index in [1.807, 2.05) is 0 Å². The predicted octanol–water partition coefficient (Wildman–Crippen LogP) is 0.538. The number of aliphatic carboxylic acids is 1. The van der Waals surface area contributed by atoms with Crippen LogP contribution in [-0.2, 0) is 15.3 Å². The second-order valence-corrected chi connectivity index (χ2v) is 2.97. The Morgan fingerprint density at radius 2 is 1.87 bits per heavy atom. The van der Waals surface area contributed by atoms with E-state index in [0.29, 0.717) is 11.3 Å². The molecule has 5 heteroatoms. The predicted molar refractivity (Wildman–Crippen MR) is 53.5 cm³/mol. The lowest BCUT2D eigenvalue weighted by molar-refractivity contribution is -0.163. The van der Waals surface area contributed by atoms with E-state index < -0.39 is 11.7 Å². The van der Waals surface area contributed by atoms with Crippen LogP contribution in [0.5, 0.6) is 5.75 Å². The minimum absolute atomic E-state index is 0.360. The zero-order valence-electron chi connectivity index (χ0n) is 8.56. The first-order chi connectivity index (χ1) is 7.04. The van der Waals surface area contributed by atoms with Crippen molar-refractivity contribution in [3.05, 3.63) is 29.8 Å². The van der Waals surface area contributed by atoms with Gasteiger partial charge < -0.3 is 14.6 Å². The van der Waals surface area contributed by atoms with Gasteiger partial charge >= 0.3 is 5.97 Å². The first kappa shape index (κ1) is 11.5. The SMILES string of the molecule is COc1ccc(C(N)(OC)C(=O)O)cc1. The van der Waals surface area contributed by atoms with Crippen molar-refractivity contribution >= 4 is 5.97 Å². The number of benzene rings is 1. The maximum Gasteiger partial charge on any atom is 0.356 e. The number of methoxy groups -OCH3 is 2. The van der Waals surface area contributed by atoms with Crippen LogP contribution in [-0.4, -0.2) is 25.3 Å². The van der Waals surface area contributed by atoms with Crippen molar-refractivity contribution in [2.75, 3.05) is 14.2 Å². The van der Waals surface area contributed by atoms with E-state index in [-0.39, 0.29) is 0 Å². The second kappa shape index (κ2) is 4.29. The Labute approximate surface area is 87.4 Å². The summed E-state index contributed by atoms with van der Waals surface area (Å²) < 4.78 is 9.74. The van der Waals surface area contributed by atoms with Crippen LogP contribution in [0.25, 0.3) is 0 Å². The lowest BCUT2D eigenvalue weighted by atomic mass is 10.0. The molecule has 0 aliphatic heterocycles. The molecule has 1 rings (SSSR count). The molecule has 0 spiro atoms. The molecule has 0 fully saturated rings. The van der Waals surface area contributed by atoms with Gasteiger partial charge in [-0.2, -0.15) is 0 Å². The minimum Gasteiger partial charge on any atom is -0.497 e. The highest BCUT2D eigenvalue weighted by Crippen LogP contribution is 2.22. The van der Waals surface area contributed by atoms with Crippen molar-refractivity contribution in [2.24, 2.45) is 5.73 Å². The van der Waals surface area contributed by atoms with Gasteiger partial charge in [-0.3, -0.25) is 5.73 Å². The fourth-order valence-electron chi connectivity index (χ4n) is 1.17. The van der Waals surface area contributed by atoms with E-state index >= 15 is 0 Å². The number of rotatable bonds is 4. The second-order valence-electron chi connectivity index (χ2n) is 2.97. The third kappa shape index (κ3) is 2.08. The average molecular weight is 211 g/mol. The molecule has 0 bridgehead atoms. The summed E-state index contributed by atoms with van der Waals surface area (Å²) in [4.78, 5) is 10.9. The fourth-order valence-corrected chi connectivity index (χ4v) is 1.17. The van der Waals surface area contributed by atoms with E-state index in [0.717, 1.165) is 0 Å². The van der Waals surface area contributed by atoms with Crippen LogP contribution in [0.15, 0.2) is 24.3 Å². The molecule has 15 heavy (non-hydrogen) atoms. The molecule has 3 N–H and O–H groups in total. The van der Waals surface area contributed by atoms with Gasteiger partial charge in [0.2, 0.25) is 5.72 Å². The Morgan fingerprint density at radius 1 is 1.33 bits per heavy atom. The molecule has 1 aromatic carbocycles. The summed E-state index contributed by atoms with van der Waals surface area (Å²) in [5.74, 6) is -0.613. The molecule has 1 unspecified atom stereocenters. The average Bonchev–Trinajstić information content (AvgIpc) is 2.28. The van der Waals surface area contributed by atoms with Crippen molar-refractivity contribution in [3.63, 3.8) is 0 Å². The Hall–Kier alpha value is -1.59. The number of carboxylic acid groups (broad SMARTS) is 1. The van der Waals surface area contributed by atoms with E-state index in [4.69, 9.17) is 20.3 Å². The molecule has 0 aliphatic carbocycles. The Balaban J connectivity index is 3.08. The van der Waals surface area contributed by atoms with Gasteiger partial charge in [0, 0.05) is 12.7 Å². The van der Waals surface area contributed by atoms with E-state index in [1.54, 1.807) is 24.3 Å². The molecular weight excluding hydrogens is 198 g/mol. The lowest BCUT2D eigenvalue weighted by Crippen LogP contribution is -2.46. The molecule has 0 aliphatic rings. The molecule has 1 aromatic rings. The van der Waals surface area contributed by atoms with Crippen LogP contribution in [0.3, 0.4) is 0 Å². The third-order valence-corrected chi connectivity index (χ3v) is 2.16. The topological polar surface area (TPSA) is 81.8 Å². The van der Waals surface area contributed by atoms with E-state index in [9.17, 15) is 4.79 Å². The summed E-state index contributed by atoms with van der Waals surface area (Å²) in [5.41, 5.74) is 4.14. The van der Waals surface area contributed by atoms with E-state index in [2.05, 4.69) is 0 Å². The highest BCUT2D eigenvalue weighted by Gasteiger charge is 2.36. The number of ether oxygens (including phenoxy) is 2. The van der Waals surface area contributed by atoms with Crippen molar-refractivity contribution in [1.29, 1.82) is 0 Å². The van der Waals surface area contributed by atoms with Crippen LogP contribution in [0.2, 0.25) is 0 Å². The minimum atomic E-state index is -1.81. The third-order valence-electron chi connectivity index (χ3n) is 2.16. The van der Waals surface area contributed by atoms with Gasteiger partial charge in [0.05, 0.1) is 7.11 Å². The molecule has 1 atom stereocenters. The quantitative estimate of drug-likeness (QED) is 0.710. The lowest BCUT2D eigenvalue weighted by Gasteiger charge is -2.23. The Kier molecular flexibility index (Phi) is 3.28. The van der Waals surface area contributed by atoms with Gasteiger partial charge in [-0.15, -0.1) is 0 Å². The van der Waals surface area contributed by atoms with Crippen molar-refractivity contribution in [1.82, 2.24) is 0 Å². The Morgan fingerprint density at radius 3 is 2.20 bits per heavy atom. The van der Waals surface area contributed by atoms with Gasteiger partial charge in [0.15, 0.2) is 0 Å². The van der Waals surface area contributed by atoms with Gasteiger partial charge in [-0.25, -0.2) is 4.79 Å². The van der Waals surface area contributed by atoms with Crippen LogP contribution in [0, 0.1) is 0 Å². The number of nitrogens with two attached hydrogens (primary N) is 1. The van der Waals surface area contributed by atoms with Crippen molar-refractivity contribution in [2.45, 2.75) is 5.72 Å². The number of hydrogen-bond acceptors (Lipinski definition) is 4. The number of carbonyl (C=O) groups is 1. The summed E-state index contributed by atoms with van der Waals surface area (Å²) in [6, 6.07) is 6.35. The standard InChI is InChI=1S/C10H13NO4/c1-14-8-5-3-7(4-6-8)10(11,15-2)9(12)13/h3-6H,11H2,1-2H3,(H,12,13). The Bertz CT molecular complexity index is 349. The van der Waals surface area contributed by atoms with Gasteiger partial charge in [0.1, 0.15) is 5.75 Å². The van der Waals surface area contributed by atoms with Crippen molar-refractivity contribution in [3.8, 4) is 5.75 Å². The van der Waals surface area contributed by atoms with Crippen molar-refractivity contribution < 1.29 is 19.4 Å². The van der Waals surface area contributed by atoms with Crippen LogP contribution in [0.4, 0.5) is 0 Å². The smallest absolute Gasteiger partial charge is 0.356 e. The molecule has 0 heterocycles. The molecule has 5 nitrogen and oxygen atoms in total. The fraction of sp³-hybridized carbons (Fsp3) is 0.300. The normalized spacial score (nSPS) is 14.3. The van der Waals surface area contributed by atoms with Gasteiger partial charge in [-0.1, -0.05) is 12.1 Å². The monoisotopic (exact) mass is 211 g/mol. The summed E-state index contributed by atoms with van der Waals surface area (Å²) in [6.07, 6.45) is 0. The highest BCUT2D eigenvalue weighted by atomic mass is 16.5. The van der Waals surface area contributed by atoms with E-state index in [1.165, 1.54) is 14.2 Å². The van der Waals surface area contributed by atoms with Gasteiger partial charge in [0.25, 0.3) is 0 Å². The number of carboxylic acids is 1. The van der Waals surface area contributed by atoms with Crippen LogP contribution >= 0.6 is 0 Å². The maximum atomic E-state index is 10.9. The summed E-state index contributed by atoms with van der Waals surface area (Å²) in [5, 5.41) is 8.93. The van der Waals surface area contributed by atoms with Crippen LogP contribution < -0.4 is 10.5 Å². The molecule has 0 saturated carbocycles. The highest BCUT2D eigenvalue weighted by molar-refractivity contribution is 5.78. The molecule has 82 valence electrons. The molecule has 0 aromatic heterocycles. The molecule has 0 amide bonds. The summed E-state index contributed by atoms with van der Waals surface area (Å²) in [6.45, 7) is 0. The van der Waals surface area contributed by atoms with Gasteiger partial charge in [-0.05, 0) is 12.1 Å². The zero-order chi connectivity index (χ0) is 11.5. The first-order valence-corrected chi connectivity index (χ1v) is 4.26. The zero-order valence-corrected chi connectivity index (χ0v) is 8.56. The molecular formula is C10H13NO4.